The minimum absolute atomic E-state index is 0.0334. The van der Waals surface area contributed by atoms with Crippen LogP contribution in [-0.4, -0.2) is 37.7 Å². The van der Waals surface area contributed by atoms with Crippen LogP contribution >= 0.6 is 0 Å². The van der Waals surface area contributed by atoms with Gasteiger partial charge in [0.25, 0.3) is 5.91 Å². The number of nitrogens with one attached hydrogen (secondary N) is 1. The Kier molecular flexibility index (Phi) is 5.69. The molecule has 0 radical (unpaired) electrons. The van der Waals surface area contributed by atoms with Crippen LogP contribution in [0.1, 0.15) is 29.3 Å². The zero-order valence-electron chi connectivity index (χ0n) is 11.1. The molecule has 1 aromatic carbocycles. The molecule has 0 spiro atoms. The lowest BCUT2D eigenvalue weighted by molar-refractivity contribution is -0.136. The largest absolute Gasteiger partial charge is 0.481 e. The third-order valence-corrected chi connectivity index (χ3v) is 4.29. The van der Waals surface area contributed by atoms with Gasteiger partial charge in [-0.3, -0.25) is 9.59 Å². The second-order valence-electron chi connectivity index (χ2n) is 4.28. The number of carbonyl (C=O) groups excluding carboxylic acids is 1. The molecule has 0 atom stereocenters. The summed E-state index contributed by atoms with van der Waals surface area (Å²) in [6, 6.07) is 6.30. The van der Waals surface area contributed by atoms with Crippen molar-refractivity contribution < 1.29 is 23.1 Å². The van der Waals surface area contributed by atoms with Gasteiger partial charge in [0.1, 0.15) is 0 Å². The Labute approximate surface area is 117 Å². The van der Waals surface area contributed by atoms with Crippen LogP contribution in [0.5, 0.6) is 0 Å². The highest BCUT2D eigenvalue weighted by Gasteiger charge is 2.11. The Hall–Kier alpha value is -1.89. The predicted molar refractivity (Wildman–Crippen MR) is 74.2 cm³/mol. The first-order chi connectivity index (χ1) is 9.34. The molecule has 2 N–H and O–H groups in total. The van der Waals surface area contributed by atoms with Crippen molar-refractivity contribution in [1.29, 1.82) is 0 Å². The van der Waals surface area contributed by atoms with Gasteiger partial charge >= 0.3 is 5.97 Å². The average Bonchev–Trinajstić information content (AvgIpc) is 2.38. The van der Waals surface area contributed by atoms with E-state index in [-0.39, 0.29) is 24.5 Å². The number of rotatable bonds is 7. The molecule has 110 valence electrons. The van der Waals surface area contributed by atoms with Crippen LogP contribution in [0.15, 0.2) is 24.3 Å². The number of carboxylic acids is 1. The maximum absolute atomic E-state index is 11.8. The van der Waals surface area contributed by atoms with Crippen molar-refractivity contribution in [3.8, 4) is 0 Å². The van der Waals surface area contributed by atoms with Crippen molar-refractivity contribution in [2.24, 2.45) is 0 Å². The fraction of sp³-hybridized carbons (Fsp3) is 0.385. The summed E-state index contributed by atoms with van der Waals surface area (Å²) in [6.07, 6.45) is -0.157. The molecule has 0 unspecified atom stereocenters. The van der Waals surface area contributed by atoms with Crippen LogP contribution in [0.2, 0.25) is 0 Å². The zero-order chi connectivity index (χ0) is 15.2. The quantitative estimate of drug-likeness (QED) is 0.776. The maximum atomic E-state index is 11.8. The Morgan fingerprint density at radius 1 is 1.30 bits per heavy atom. The number of aliphatic carboxylic acids is 1. The van der Waals surface area contributed by atoms with E-state index in [0.29, 0.717) is 11.1 Å². The predicted octanol–water partition coefficient (Wildman–Crippen LogP) is 0.826. The van der Waals surface area contributed by atoms with Gasteiger partial charge in [-0.2, -0.15) is 0 Å². The first-order valence-corrected chi connectivity index (χ1v) is 7.95. The van der Waals surface area contributed by atoms with Gasteiger partial charge in [0.2, 0.25) is 0 Å². The summed E-state index contributed by atoms with van der Waals surface area (Å²) in [6.45, 7) is 1.60. The van der Waals surface area contributed by atoms with Crippen LogP contribution in [0.4, 0.5) is 0 Å². The summed E-state index contributed by atoms with van der Waals surface area (Å²) in [4.78, 5) is 22.1. The molecular weight excluding hydrogens is 282 g/mol. The van der Waals surface area contributed by atoms with Gasteiger partial charge in [0.15, 0.2) is 9.84 Å². The normalized spacial score (nSPS) is 11.1. The first kappa shape index (κ1) is 16.2. The van der Waals surface area contributed by atoms with Crippen molar-refractivity contribution in [2.75, 3.05) is 12.3 Å². The van der Waals surface area contributed by atoms with E-state index >= 15 is 0 Å². The molecule has 7 heteroatoms. The van der Waals surface area contributed by atoms with Crippen molar-refractivity contribution in [3.05, 3.63) is 35.4 Å². The van der Waals surface area contributed by atoms with Gasteiger partial charge in [0, 0.05) is 17.9 Å². The van der Waals surface area contributed by atoms with Crippen molar-refractivity contribution in [1.82, 2.24) is 5.32 Å². The van der Waals surface area contributed by atoms with Crippen LogP contribution in [0, 0.1) is 0 Å². The summed E-state index contributed by atoms with van der Waals surface area (Å²) in [5, 5.41) is 10.9. The minimum Gasteiger partial charge on any atom is -0.481 e. The zero-order valence-corrected chi connectivity index (χ0v) is 11.9. The number of amides is 1. The van der Waals surface area contributed by atoms with Crippen LogP contribution in [0.3, 0.4) is 0 Å². The Morgan fingerprint density at radius 2 is 2.00 bits per heavy atom. The number of hydrogen-bond acceptors (Lipinski definition) is 4. The van der Waals surface area contributed by atoms with E-state index in [1.807, 2.05) is 0 Å². The standard InChI is InChI=1S/C13H17NO5S/c1-2-20(18,19)9-10-4-3-5-11(8-10)13(17)14-7-6-12(15)16/h3-5,8H,2,6-7,9H2,1H3,(H,14,17)(H,15,16). The number of carbonyl (C=O) groups is 2. The van der Waals surface area contributed by atoms with E-state index in [1.54, 1.807) is 25.1 Å². The highest BCUT2D eigenvalue weighted by atomic mass is 32.2. The summed E-state index contributed by atoms with van der Waals surface area (Å²) in [7, 11) is -3.15. The first-order valence-electron chi connectivity index (χ1n) is 6.13. The summed E-state index contributed by atoms with van der Waals surface area (Å²) >= 11 is 0. The van der Waals surface area contributed by atoms with E-state index in [4.69, 9.17) is 5.11 Å². The van der Waals surface area contributed by atoms with Crippen molar-refractivity contribution >= 4 is 21.7 Å². The van der Waals surface area contributed by atoms with Gasteiger partial charge in [-0.15, -0.1) is 0 Å². The van der Waals surface area contributed by atoms with E-state index < -0.39 is 21.7 Å². The molecule has 0 fully saturated rings. The third-order valence-electron chi connectivity index (χ3n) is 2.64. The lowest BCUT2D eigenvalue weighted by atomic mass is 10.1. The molecule has 20 heavy (non-hydrogen) atoms. The molecule has 0 saturated heterocycles. The molecule has 1 amide bonds. The van der Waals surface area contributed by atoms with Gasteiger partial charge in [-0.25, -0.2) is 8.42 Å². The molecule has 0 bridgehead atoms. The van der Waals surface area contributed by atoms with E-state index in [1.165, 1.54) is 6.07 Å². The number of sulfone groups is 1. The van der Waals surface area contributed by atoms with Gasteiger partial charge in [-0.05, 0) is 17.7 Å². The molecule has 0 aliphatic carbocycles. The Morgan fingerprint density at radius 3 is 2.60 bits per heavy atom. The molecule has 0 aliphatic rings. The van der Waals surface area contributed by atoms with Gasteiger partial charge in [0.05, 0.1) is 12.2 Å². The fourth-order valence-corrected chi connectivity index (χ4v) is 2.43. The third kappa shape index (κ3) is 5.40. The van der Waals surface area contributed by atoms with Gasteiger partial charge in [-0.1, -0.05) is 19.1 Å². The van der Waals surface area contributed by atoms with E-state index in [9.17, 15) is 18.0 Å². The van der Waals surface area contributed by atoms with Crippen molar-refractivity contribution in [3.63, 3.8) is 0 Å². The number of hydrogen-bond donors (Lipinski definition) is 2. The molecule has 0 saturated carbocycles. The van der Waals surface area contributed by atoms with E-state index in [0.717, 1.165) is 0 Å². The highest BCUT2D eigenvalue weighted by molar-refractivity contribution is 7.90. The fourth-order valence-electron chi connectivity index (χ4n) is 1.54. The molecule has 1 aromatic rings. The second-order valence-corrected chi connectivity index (χ2v) is 6.63. The Balaban J connectivity index is 2.72. The number of carboxylic acid groups (broad SMARTS) is 1. The van der Waals surface area contributed by atoms with Crippen LogP contribution in [-0.2, 0) is 20.4 Å². The average molecular weight is 299 g/mol. The van der Waals surface area contributed by atoms with Gasteiger partial charge < -0.3 is 10.4 Å². The maximum Gasteiger partial charge on any atom is 0.305 e. The SMILES string of the molecule is CCS(=O)(=O)Cc1cccc(C(=O)NCCC(=O)O)c1. The lowest BCUT2D eigenvalue weighted by Crippen LogP contribution is -2.26. The lowest BCUT2D eigenvalue weighted by Gasteiger charge is -2.06. The Bertz CT molecular complexity index is 595. The number of benzene rings is 1. The van der Waals surface area contributed by atoms with Crippen LogP contribution in [0.25, 0.3) is 0 Å². The molecule has 0 heterocycles. The summed E-state index contributed by atoms with van der Waals surface area (Å²) < 4.78 is 23.1. The highest BCUT2D eigenvalue weighted by Crippen LogP contribution is 2.10. The summed E-state index contributed by atoms with van der Waals surface area (Å²) in [5.41, 5.74) is 0.858. The van der Waals surface area contributed by atoms with Crippen molar-refractivity contribution in [2.45, 2.75) is 19.1 Å². The topological polar surface area (TPSA) is 101 Å². The second kappa shape index (κ2) is 7.04. The monoisotopic (exact) mass is 299 g/mol. The minimum atomic E-state index is -3.15. The van der Waals surface area contributed by atoms with Crippen LogP contribution < -0.4 is 5.32 Å². The smallest absolute Gasteiger partial charge is 0.305 e. The molecule has 6 nitrogen and oxygen atoms in total. The molecule has 1 rings (SSSR count). The summed E-state index contributed by atoms with van der Waals surface area (Å²) in [5.74, 6) is -1.48. The molecule has 0 aliphatic heterocycles. The molecule has 0 aromatic heterocycles. The molecular formula is C13H17NO5S. The van der Waals surface area contributed by atoms with E-state index in [2.05, 4.69) is 5.32 Å².